The first-order valence-electron chi connectivity index (χ1n) is 13.2. The third-order valence-corrected chi connectivity index (χ3v) is 6.20. The number of carbonyl (C=O) groups is 1. The molecule has 1 N–H and O–H groups in total. The van der Waals surface area contributed by atoms with Gasteiger partial charge in [-0.2, -0.15) is 5.26 Å². The highest BCUT2D eigenvalue weighted by molar-refractivity contribution is 6.01. The summed E-state index contributed by atoms with van der Waals surface area (Å²) < 4.78 is 5.94. The number of nitrogens with one attached hydrogen (secondary N) is 1. The number of esters is 1. The average Bonchev–Trinajstić information content (AvgIpc) is 2.77. The van der Waals surface area contributed by atoms with Gasteiger partial charge in [-0.3, -0.25) is 5.41 Å². The van der Waals surface area contributed by atoms with Crippen molar-refractivity contribution in [1.29, 1.82) is 10.7 Å². The van der Waals surface area contributed by atoms with Gasteiger partial charge in [0, 0.05) is 12.3 Å². The number of nitrogens with zero attached hydrogens (tertiary/aromatic N) is 2. The number of nitriles is 1. The number of carbonyl (C=O) groups excluding carboxylic acids is 1. The zero-order chi connectivity index (χ0) is 23.9. The predicted octanol–water partition coefficient (Wildman–Crippen LogP) is 6.96. The lowest BCUT2D eigenvalue weighted by Crippen LogP contribution is -2.41. The third kappa shape index (κ3) is 19.1. The summed E-state index contributed by atoms with van der Waals surface area (Å²) in [6.45, 7) is 4.63. The summed E-state index contributed by atoms with van der Waals surface area (Å²) in [6.07, 6.45) is 23.0. The Morgan fingerprint density at radius 1 is 0.750 bits per heavy atom. The smallest absolute Gasteiger partial charge is 0.358 e. The average molecular weight is 449 g/mol. The van der Waals surface area contributed by atoms with Gasteiger partial charge >= 0.3 is 5.97 Å². The topological polar surface area (TPSA) is 73.9 Å². The molecule has 0 fully saturated rings. The highest BCUT2D eigenvalue weighted by atomic mass is 16.5. The Morgan fingerprint density at radius 2 is 1.16 bits per heavy atom. The fourth-order valence-electron chi connectivity index (χ4n) is 4.05. The van der Waals surface area contributed by atoms with Crippen LogP contribution < -0.4 is 0 Å². The molecule has 0 saturated carbocycles. The summed E-state index contributed by atoms with van der Waals surface area (Å²) in [7, 11) is 4.43. The van der Waals surface area contributed by atoms with Crippen LogP contribution in [0.25, 0.3) is 0 Å². The Kier molecular flexibility index (Phi) is 20.1. The van der Waals surface area contributed by atoms with Crippen molar-refractivity contribution in [2.75, 3.05) is 33.8 Å². The molecular weight excluding hydrogens is 398 g/mol. The van der Waals surface area contributed by atoms with Crippen LogP contribution in [0.1, 0.15) is 116 Å². The van der Waals surface area contributed by atoms with Crippen LogP contribution in [0.2, 0.25) is 0 Å². The minimum Gasteiger partial charge on any atom is -0.461 e. The van der Waals surface area contributed by atoms with E-state index in [0.717, 1.165) is 24.0 Å². The summed E-state index contributed by atoms with van der Waals surface area (Å²) in [6, 6.07) is 1.62. The fourth-order valence-corrected chi connectivity index (χ4v) is 4.05. The second-order valence-corrected chi connectivity index (χ2v) is 9.79. The molecule has 0 bridgehead atoms. The lowest BCUT2D eigenvalue weighted by Gasteiger charge is -2.29. The normalized spacial score (nSPS) is 11.1. The van der Waals surface area contributed by atoms with Gasteiger partial charge in [-0.1, -0.05) is 96.8 Å². The highest BCUT2D eigenvalue weighted by Gasteiger charge is 2.15. The molecule has 0 aromatic rings. The third-order valence-electron chi connectivity index (χ3n) is 6.20. The van der Waals surface area contributed by atoms with Crippen molar-refractivity contribution >= 4 is 11.8 Å². The van der Waals surface area contributed by atoms with Crippen LogP contribution in [0.15, 0.2) is 5.57 Å². The lowest BCUT2D eigenvalue weighted by atomic mass is 10.0. The van der Waals surface area contributed by atoms with Crippen molar-refractivity contribution in [3.8, 4) is 6.07 Å². The van der Waals surface area contributed by atoms with E-state index >= 15 is 0 Å². The molecule has 0 aliphatic carbocycles. The van der Waals surface area contributed by atoms with E-state index in [1.54, 1.807) is 6.07 Å². The molecule has 0 aliphatic rings. The van der Waals surface area contributed by atoms with Crippen LogP contribution in [-0.4, -0.2) is 50.1 Å². The van der Waals surface area contributed by atoms with Crippen molar-refractivity contribution < 1.29 is 14.0 Å². The van der Waals surface area contributed by atoms with E-state index in [1.165, 1.54) is 103 Å². The summed E-state index contributed by atoms with van der Waals surface area (Å²) in [5, 5.41) is 15.5. The first kappa shape index (κ1) is 30.4. The fraction of sp³-hybridized carbons (Fsp3) is 0.852. The quantitative estimate of drug-likeness (QED) is 0.0486. The number of rotatable bonds is 22. The maximum Gasteiger partial charge on any atom is 0.358 e. The standard InChI is InChI=1S/C27H50N3O2/c1-4-5-6-7-8-9-10-11-12-13-14-15-16-17-18-19-21-30(2,3)22-20-23-32-27(31)26(24-28)25-29/h28H,4-23H2,1-3H3/q+1. The Hall–Kier alpha value is -1.63. The van der Waals surface area contributed by atoms with Crippen LogP contribution >= 0.6 is 0 Å². The monoisotopic (exact) mass is 448 g/mol. The first-order chi connectivity index (χ1) is 15.5. The number of hydrogen-bond acceptors (Lipinski definition) is 4. The second kappa shape index (κ2) is 21.2. The van der Waals surface area contributed by atoms with E-state index in [1.807, 2.05) is 5.87 Å². The van der Waals surface area contributed by atoms with E-state index in [4.69, 9.17) is 15.4 Å². The molecule has 0 amide bonds. The first-order valence-corrected chi connectivity index (χ1v) is 13.2. The Bertz CT molecular complexity index is 560. The van der Waals surface area contributed by atoms with Crippen LogP contribution in [0, 0.1) is 16.7 Å². The second-order valence-electron chi connectivity index (χ2n) is 9.79. The molecule has 0 rings (SSSR count). The van der Waals surface area contributed by atoms with Crippen LogP contribution in [0.4, 0.5) is 0 Å². The number of unbranched alkanes of at least 4 members (excludes halogenated alkanes) is 15. The molecule has 0 aromatic heterocycles. The minimum atomic E-state index is -0.745. The van der Waals surface area contributed by atoms with Gasteiger partial charge in [0.15, 0.2) is 5.57 Å². The van der Waals surface area contributed by atoms with Crippen molar-refractivity contribution in [3.63, 3.8) is 0 Å². The molecule has 0 atom stereocenters. The lowest BCUT2D eigenvalue weighted by molar-refractivity contribution is -0.890. The summed E-state index contributed by atoms with van der Waals surface area (Å²) >= 11 is 0. The zero-order valence-corrected chi connectivity index (χ0v) is 21.4. The van der Waals surface area contributed by atoms with Gasteiger partial charge in [0.05, 0.1) is 33.8 Å². The molecule has 0 unspecified atom stereocenters. The minimum absolute atomic E-state index is 0.284. The van der Waals surface area contributed by atoms with E-state index in [-0.39, 0.29) is 12.2 Å². The molecule has 0 spiro atoms. The molecular formula is C27H50N3O2+. The van der Waals surface area contributed by atoms with Gasteiger partial charge < -0.3 is 9.22 Å². The van der Waals surface area contributed by atoms with Crippen LogP contribution in [-0.2, 0) is 9.53 Å². The maximum atomic E-state index is 11.5. The zero-order valence-electron chi connectivity index (χ0n) is 21.4. The highest BCUT2D eigenvalue weighted by Crippen LogP contribution is 2.14. The summed E-state index contributed by atoms with van der Waals surface area (Å²) in [5.74, 6) is 1.06. The van der Waals surface area contributed by atoms with Gasteiger partial charge in [0.25, 0.3) is 0 Å². The molecule has 0 radical (unpaired) electrons. The van der Waals surface area contributed by atoms with Crippen molar-refractivity contribution in [2.45, 2.75) is 116 Å². The van der Waals surface area contributed by atoms with E-state index in [9.17, 15) is 4.79 Å². The maximum absolute atomic E-state index is 11.5. The number of quaternary nitrogens is 1. The van der Waals surface area contributed by atoms with Gasteiger partial charge in [-0.15, -0.1) is 0 Å². The van der Waals surface area contributed by atoms with E-state index in [0.29, 0.717) is 0 Å². The van der Waals surface area contributed by atoms with Crippen molar-refractivity contribution in [3.05, 3.63) is 5.57 Å². The van der Waals surface area contributed by atoms with Crippen molar-refractivity contribution in [1.82, 2.24) is 0 Å². The summed E-state index contributed by atoms with van der Waals surface area (Å²) in [4.78, 5) is 11.5. The van der Waals surface area contributed by atoms with Crippen LogP contribution in [0.5, 0.6) is 0 Å². The Morgan fingerprint density at radius 3 is 1.56 bits per heavy atom. The Balaban J connectivity index is 3.46. The molecule has 184 valence electrons. The molecule has 5 heteroatoms. The van der Waals surface area contributed by atoms with E-state index in [2.05, 4.69) is 21.0 Å². The van der Waals surface area contributed by atoms with Crippen molar-refractivity contribution in [2.24, 2.45) is 0 Å². The predicted molar refractivity (Wildman–Crippen MR) is 134 cm³/mol. The largest absolute Gasteiger partial charge is 0.461 e. The Labute approximate surface area is 198 Å². The molecule has 0 aliphatic heterocycles. The molecule has 0 saturated heterocycles. The van der Waals surface area contributed by atoms with Gasteiger partial charge in [-0.25, -0.2) is 4.79 Å². The molecule has 5 nitrogen and oxygen atoms in total. The molecule has 32 heavy (non-hydrogen) atoms. The number of hydrogen-bond donors (Lipinski definition) is 1. The molecule has 0 aromatic carbocycles. The van der Waals surface area contributed by atoms with Gasteiger partial charge in [0.1, 0.15) is 6.07 Å². The van der Waals surface area contributed by atoms with E-state index < -0.39 is 5.97 Å². The number of ether oxygens (including phenoxy) is 1. The van der Waals surface area contributed by atoms with Crippen LogP contribution in [0.3, 0.4) is 0 Å². The molecule has 0 heterocycles. The summed E-state index contributed by atoms with van der Waals surface area (Å²) in [5.41, 5.74) is -0.369. The SMILES string of the molecule is CCCCCCCCCCCCCCCCCC[N+](C)(C)CCCOC(=O)C(=C=N)C#N. The van der Waals surface area contributed by atoms with Gasteiger partial charge in [-0.05, 0) is 12.8 Å². The van der Waals surface area contributed by atoms with Gasteiger partial charge in [0.2, 0.25) is 0 Å².